The molecule has 2 N–H and O–H groups in total. The highest BCUT2D eigenvalue weighted by Crippen LogP contribution is 2.61. The van der Waals surface area contributed by atoms with Crippen LogP contribution in [0, 0.1) is 0 Å². The molecule has 1 aromatic carbocycles. The normalized spacial score (nSPS) is 11.6. The third-order valence-corrected chi connectivity index (χ3v) is 11.7. The van der Waals surface area contributed by atoms with Crippen molar-refractivity contribution in [1.29, 1.82) is 0 Å². The van der Waals surface area contributed by atoms with Crippen LogP contribution in [0.2, 0.25) is 0 Å². The molecule has 0 spiro atoms. The van der Waals surface area contributed by atoms with E-state index in [0.29, 0.717) is 0 Å². The summed E-state index contributed by atoms with van der Waals surface area (Å²) < 4.78 is 42.8. The van der Waals surface area contributed by atoms with Crippen LogP contribution in [0.4, 0.5) is 0 Å². The Kier molecular flexibility index (Phi) is 19.6. The van der Waals surface area contributed by atoms with E-state index in [1.807, 2.05) is 0 Å². The van der Waals surface area contributed by atoms with Crippen molar-refractivity contribution >= 4 is 17.4 Å². The van der Waals surface area contributed by atoms with Crippen LogP contribution >= 0.6 is 7.26 Å². The van der Waals surface area contributed by atoms with Gasteiger partial charge in [-0.2, -0.15) is 0 Å². The molecule has 0 unspecified atom stereocenters. The molecule has 35 heavy (non-hydrogen) atoms. The monoisotopic (exact) mass is 536 g/mol. The van der Waals surface area contributed by atoms with Gasteiger partial charge >= 0.3 is 0 Å². The Bertz CT molecular complexity index is 692. The minimum Gasteiger partial charge on any atom is -0.744 e. The fourth-order valence-electron chi connectivity index (χ4n) is 3.83. The lowest BCUT2D eigenvalue weighted by Gasteiger charge is -2.28. The maximum atomic E-state index is 10.9. The third-order valence-electron chi connectivity index (χ3n) is 5.81. The zero-order chi connectivity index (χ0) is 26.6. The first kappa shape index (κ1) is 34.1. The van der Waals surface area contributed by atoms with Crippen molar-refractivity contribution < 1.29 is 32.7 Å². The predicted molar refractivity (Wildman–Crippen MR) is 146 cm³/mol. The highest BCUT2D eigenvalue weighted by Gasteiger charge is 2.34. The molecular formula is C26H49O7PS. The van der Waals surface area contributed by atoms with Gasteiger partial charge in [-0.25, -0.2) is 8.42 Å². The highest BCUT2D eigenvalue weighted by atomic mass is 32.2. The van der Waals surface area contributed by atoms with Gasteiger partial charge in [-0.3, -0.25) is 0 Å². The predicted octanol–water partition coefficient (Wildman–Crippen LogP) is 5.54. The van der Waals surface area contributed by atoms with Gasteiger partial charge < -0.3 is 24.2 Å². The zero-order valence-corrected chi connectivity index (χ0v) is 24.0. The summed E-state index contributed by atoms with van der Waals surface area (Å²) in [6.07, 6.45) is 17.9. The lowest BCUT2D eigenvalue weighted by atomic mass is 10.3. The fourth-order valence-corrected chi connectivity index (χ4v) is 9.64. The van der Waals surface area contributed by atoms with E-state index in [1.54, 1.807) is 24.6 Å². The van der Waals surface area contributed by atoms with Crippen LogP contribution in [0.25, 0.3) is 0 Å². The van der Waals surface area contributed by atoms with Crippen molar-refractivity contribution in [2.75, 3.05) is 51.1 Å². The topological polar surface area (TPSA) is 116 Å². The molecule has 0 fully saturated rings. The maximum Gasteiger partial charge on any atom is 0.124 e. The first-order chi connectivity index (χ1) is 16.7. The molecule has 0 aliphatic carbocycles. The van der Waals surface area contributed by atoms with E-state index in [9.17, 15) is 13.0 Å². The van der Waals surface area contributed by atoms with Gasteiger partial charge in [0.05, 0.1) is 42.8 Å². The van der Waals surface area contributed by atoms with Crippen molar-refractivity contribution in [2.24, 2.45) is 0 Å². The molecule has 7 nitrogen and oxygen atoms in total. The van der Waals surface area contributed by atoms with E-state index < -0.39 is 22.3 Å². The Morgan fingerprint density at radius 3 is 1.31 bits per heavy atom. The summed E-state index contributed by atoms with van der Waals surface area (Å²) in [6.45, 7) is 8.84. The molecule has 0 aliphatic rings. The van der Waals surface area contributed by atoms with Crippen molar-refractivity contribution in [2.45, 2.75) is 84.0 Å². The van der Waals surface area contributed by atoms with Crippen molar-refractivity contribution in [3.8, 4) is 11.5 Å². The van der Waals surface area contributed by atoms with Gasteiger partial charge in [-0.1, -0.05) is 53.4 Å². The zero-order valence-electron chi connectivity index (χ0n) is 22.3. The molecule has 0 saturated heterocycles. The molecule has 0 atom stereocenters. The van der Waals surface area contributed by atoms with Crippen LogP contribution in [-0.4, -0.2) is 74.3 Å². The summed E-state index contributed by atoms with van der Waals surface area (Å²) in [5, 5.41) is 17.2. The lowest BCUT2D eigenvalue weighted by Crippen LogP contribution is -2.12. The molecule has 0 saturated carbocycles. The van der Waals surface area contributed by atoms with Crippen LogP contribution in [0.3, 0.4) is 0 Å². The number of aliphatic hydroxyl groups excluding tert-OH is 2. The van der Waals surface area contributed by atoms with E-state index >= 15 is 0 Å². The van der Waals surface area contributed by atoms with Crippen LogP contribution < -0.4 is 9.47 Å². The number of ether oxygens (including phenoxy) is 2. The Morgan fingerprint density at radius 2 is 1.06 bits per heavy atom. The summed E-state index contributed by atoms with van der Waals surface area (Å²) in [6, 6.07) is 3.45. The number of benzene rings is 1. The summed E-state index contributed by atoms with van der Waals surface area (Å²) in [7, 11) is -5.20. The smallest absolute Gasteiger partial charge is 0.124 e. The van der Waals surface area contributed by atoms with Crippen LogP contribution in [-0.2, 0) is 10.1 Å². The number of hydrogen-bond acceptors (Lipinski definition) is 7. The van der Waals surface area contributed by atoms with Gasteiger partial charge in [0, 0.05) is 13.3 Å². The van der Waals surface area contributed by atoms with Gasteiger partial charge in [0.15, 0.2) is 0 Å². The van der Waals surface area contributed by atoms with Gasteiger partial charge in [-0.05, 0) is 37.8 Å². The first-order valence-electron chi connectivity index (χ1n) is 13.1. The molecular weight excluding hydrogens is 487 g/mol. The molecule has 9 heteroatoms. The van der Waals surface area contributed by atoms with Gasteiger partial charge in [-0.15, -0.1) is 0 Å². The van der Waals surface area contributed by atoms with E-state index in [1.165, 1.54) is 57.4 Å². The largest absolute Gasteiger partial charge is 0.744 e. The summed E-state index contributed by atoms with van der Waals surface area (Å²) >= 11 is 0. The quantitative estimate of drug-likeness (QED) is 0.176. The van der Waals surface area contributed by atoms with Crippen molar-refractivity contribution in [3.63, 3.8) is 0 Å². The summed E-state index contributed by atoms with van der Waals surface area (Å²) in [4.78, 5) is -0.495. The second-order valence-electron chi connectivity index (χ2n) is 8.89. The van der Waals surface area contributed by atoms with Crippen molar-refractivity contribution in [3.05, 3.63) is 18.2 Å². The Labute approximate surface area is 214 Å². The third kappa shape index (κ3) is 15.7. The Hall–Kier alpha value is -0.920. The minimum absolute atomic E-state index is 0.0399. The minimum atomic E-state index is -4.63. The molecule has 0 bridgehead atoms. The average Bonchev–Trinajstić information content (AvgIpc) is 2.85. The molecule has 206 valence electrons. The summed E-state index contributed by atoms with van der Waals surface area (Å²) in [5.74, 6) is 0.183. The first-order valence-corrected chi connectivity index (χ1v) is 17.1. The molecule has 0 aromatic heterocycles. The van der Waals surface area contributed by atoms with Crippen LogP contribution in [0.5, 0.6) is 11.5 Å². The van der Waals surface area contributed by atoms with Gasteiger partial charge in [0.1, 0.15) is 34.8 Å². The highest BCUT2D eigenvalue weighted by molar-refractivity contribution is 7.85. The maximum absolute atomic E-state index is 10.9. The fraction of sp³-hybridized carbons (Fsp3) is 0.769. The molecule has 0 amide bonds. The number of unbranched alkanes of at least 4 members (excludes halogenated alkanes) is 4. The average molecular weight is 537 g/mol. The molecule has 1 rings (SSSR count). The number of rotatable bonds is 19. The second kappa shape index (κ2) is 20.2. The van der Waals surface area contributed by atoms with Crippen LogP contribution in [0.15, 0.2) is 23.1 Å². The Morgan fingerprint density at radius 1 is 0.714 bits per heavy atom. The Balaban J connectivity index is 0.000000662. The number of aliphatic hydroxyl groups is 2. The van der Waals surface area contributed by atoms with E-state index in [0.717, 1.165) is 12.1 Å². The van der Waals surface area contributed by atoms with E-state index in [-0.39, 0.29) is 37.9 Å². The molecule has 0 heterocycles. The van der Waals surface area contributed by atoms with Gasteiger partial charge in [0.25, 0.3) is 0 Å². The molecule has 1 aromatic rings. The SMILES string of the molecule is CCCC[P+](CCCC)(CCCC)CCCC.O=S(=O)([O-])c1cc(OCCO)cc(OCCO)c1. The van der Waals surface area contributed by atoms with E-state index in [4.69, 9.17) is 19.7 Å². The standard InChI is InChI=1S/C16H36P.C10H14O7S/c1-5-9-13-17(14-10-6-2,15-11-7-3)16-12-8-4;11-1-3-16-8-5-9(17-4-2-12)7-10(6-8)18(13,14)15/h5-16H2,1-4H3;5-7,11-12H,1-4H2,(H,13,14,15)/q+1;/p-1. The lowest BCUT2D eigenvalue weighted by molar-refractivity contribution is 0.194. The van der Waals surface area contributed by atoms with Crippen molar-refractivity contribution in [1.82, 2.24) is 0 Å². The second-order valence-corrected chi connectivity index (χ2v) is 14.7. The van der Waals surface area contributed by atoms with E-state index in [2.05, 4.69) is 27.7 Å². The number of hydrogen-bond donors (Lipinski definition) is 2. The van der Waals surface area contributed by atoms with Crippen LogP contribution in [0.1, 0.15) is 79.1 Å². The van der Waals surface area contributed by atoms with Gasteiger partial charge in [0.2, 0.25) is 0 Å². The molecule has 0 radical (unpaired) electrons. The summed E-state index contributed by atoms with van der Waals surface area (Å²) in [5.41, 5.74) is 0. The molecule has 0 aliphatic heterocycles.